The highest BCUT2D eigenvalue weighted by atomic mass is 79.9. The summed E-state index contributed by atoms with van der Waals surface area (Å²) in [6.07, 6.45) is 0. The first-order valence-electron chi connectivity index (χ1n) is 4.75. The van der Waals surface area contributed by atoms with Gasteiger partial charge < -0.3 is 0 Å². The van der Waals surface area contributed by atoms with Crippen molar-refractivity contribution >= 4 is 26.7 Å². The van der Waals surface area contributed by atoms with Gasteiger partial charge in [0.25, 0.3) is 0 Å². The molecule has 0 spiro atoms. The molecular formula is C13H10BrN. The molecule has 0 amide bonds. The van der Waals surface area contributed by atoms with Crippen LogP contribution >= 0.6 is 15.9 Å². The summed E-state index contributed by atoms with van der Waals surface area (Å²) in [5.74, 6) is 0. The van der Waals surface area contributed by atoms with E-state index in [4.69, 9.17) is 0 Å². The Morgan fingerprint density at radius 1 is 1.33 bits per heavy atom. The van der Waals surface area contributed by atoms with Crippen LogP contribution in [0.3, 0.4) is 0 Å². The Morgan fingerprint density at radius 2 is 2.07 bits per heavy atom. The molecular weight excluding hydrogens is 250 g/mol. The molecule has 2 rings (SSSR count). The molecule has 0 fully saturated rings. The maximum Gasteiger partial charge on any atom is 0.100 e. The molecule has 2 heteroatoms. The molecule has 74 valence electrons. The molecule has 2 aromatic rings. The molecule has 2 aromatic carbocycles. The molecule has 0 saturated heterocycles. The van der Waals surface area contributed by atoms with E-state index in [0.29, 0.717) is 0 Å². The number of nitrogens with zero attached hydrogens (tertiary/aromatic N) is 1. The van der Waals surface area contributed by atoms with Gasteiger partial charge in [-0.15, -0.1) is 0 Å². The summed E-state index contributed by atoms with van der Waals surface area (Å²) in [6, 6.07) is 12.4. The summed E-state index contributed by atoms with van der Waals surface area (Å²) < 4.78 is 0. The van der Waals surface area contributed by atoms with Crippen molar-refractivity contribution in [2.75, 3.05) is 0 Å². The van der Waals surface area contributed by atoms with Gasteiger partial charge in [0.15, 0.2) is 0 Å². The number of alkyl halides is 1. The topological polar surface area (TPSA) is 23.8 Å². The van der Waals surface area contributed by atoms with Gasteiger partial charge in [0.2, 0.25) is 0 Å². The van der Waals surface area contributed by atoms with Gasteiger partial charge in [0.1, 0.15) is 6.07 Å². The van der Waals surface area contributed by atoms with Crippen LogP contribution in [0.2, 0.25) is 0 Å². The monoisotopic (exact) mass is 259 g/mol. The minimum absolute atomic E-state index is 0.790. The van der Waals surface area contributed by atoms with Crippen LogP contribution in [0.25, 0.3) is 10.8 Å². The Bertz CT molecular complexity index is 552. The van der Waals surface area contributed by atoms with Gasteiger partial charge >= 0.3 is 0 Å². The second-order valence-electron chi connectivity index (χ2n) is 3.50. The number of fused-ring (bicyclic) bond motifs is 1. The molecule has 0 heterocycles. The van der Waals surface area contributed by atoms with Crippen molar-refractivity contribution in [1.82, 2.24) is 0 Å². The summed E-state index contributed by atoms with van der Waals surface area (Å²) in [4.78, 5) is 0. The highest BCUT2D eigenvalue weighted by Crippen LogP contribution is 2.26. The number of benzene rings is 2. The van der Waals surface area contributed by atoms with Gasteiger partial charge in [-0.3, -0.25) is 0 Å². The van der Waals surface area contributed by atoms with Crippen LogP contribution in [0.15, 0.2) is 30.3 Å². The number of rotatable bonds is 1. The Balaban J connectivity index is 2.91. The zero-order valence-electron chi connectivity index (χ0n) is 8.42. The lowest BCUT2D eigenvalue weighted by Crippen LogP contribution is -1.91. The highest BCUT2D eigenvalue weighted by molar-refractivity contribution is 9.08. The second-order valence-corrected chi connectivity index (χ2v) is 4.06. The predicted molar refractivity (Wildman–Crippen MR) is 66.0 cm³/mol. The Morgan fingerprint density at radius 3 is 2.73 bits per heavy atom. The quantitative estimate of drug-likeness (QED) is 0.713. The van der Waals surface area contributed by atoms with Crippen LogP contribution in [-0.4, -0.2) is 0 Å². The molecule has 0 saturated carbocycles. The van der Waals surface area contributed by atoms with Crippen molar-refractivity contribution < 1.29 is 0 Å². The third kappa shape index (κ3) is 1.64. The van der Waals surface area contributed by atoms with Crippen LogP contribution in [0, 0.1) is 18.3 Å². The summed E-state index contributed by atoms with van der Waals surface area (Å²) >= 11 is 3.45. The van der Waals surface area contributed by atoms with E-state index < -0.39 is 0 Å². The van der Waals surface area contributed by atoms with E-state index in [2.05, 4.69) is 28.1 Å². The molecule has 0 aliphatic heterocycles. The second kappa shape index (κ2) is 4.04. The average Bonchev–Trinajstić information content (AvgIpc) is 2.28. The van der Waals surface area contributed by atoms with Crippen molar-refractivity contribution in [3.63, 3.8) is 0 Å². The van der Waals surface area contributed by atoms with E-state index in [-0.39, 0.29) is 0 Å². The third-order valence-electron chi connectivity index (χ3n) is 2.67. The fraction of sp³-hybridized carbons (Fsp3) is 0.154. The standard InChI is InChI=1S/C13H10BrN/c1-9-11(7-14)6-10-4-2-3-5-12(10)13(9)8-15/h2-6H,7H2,1H3. The summed E-state index contributed by atoms with van der Waals surface area (Å²) in [5, 5.41) is 12.1. The van der Waals surface area contributed by atoms with E-state index in [0.717, 1.165) is 27.2 Å². The van der Waals surface area contributed by atoms with Gasteiger partial charge in [-0.1, -0.05) is 40.2 Å². The van der Waals surface area contributed by atoms with Gasteiger partial charge in [0.05, 0.1) is 5.56 Å². The van der Waals surface area contributed by atoms with Crippen LogP contribution in [0.5, 0.6) is 0 Å². The van der Waals surface area contributed by atoms with E-state index in [1.807, 2.05) is 31.2 Å². The normalized spacial score (nSPS) is 10.2. The summed E-state index contributed by atoms with van der Waals surface area (Å²) in [7, 11) is 0. The first-order valence-corrected chi connectivity index (χ1v) is 5.87. The Hall–Kier alpha value is -1.33. The molecule has 15 heavy (non-hydrogen) atoms. The van der Waals surface area contributed by atoms with Crippen LogP contribution in [0.1, 0.15) is 16.7 Å². The lowest BCUT2D eigenvalue weighted by Gasteiger charge is -2.08. The molecule has 0 aliphatic carbocycles. The molecule has 0 unspecified atom stereocenters. The van der Waals surface area contributed by atoms with Crippen molar-refractivity contribution in [3.05, 3.63) is 47.0 Å². The highest BCUT2D eigenvalue weighted by Gasteiger charge is 2.08. The third-order valence-corrected chi connectivity index (χ3v) is 3.28. The van der Waals surface area contributed by atoms with Gasteiger partial charge in [0, 0.05) is 5.33 Å². The SMILES string of the molecule is Cc1c(CBr)cc2ccccc2c1C#N. The first-order chi connectivity index (χ1) is 7.27. The zero-order valence-corrected chi connectivity index (χ0v) is 10.0. The maximum absolute atomic E-state index is 9.17. The van der Waals surface area contributed by atoms with Crippen molar-refractivity contribution in [2.45, 2.75) is 12.3 Å². The van der Waals surface area contributed by atoms with Crippen LogP contribution in [0.4, 0.5) is 0 Å². The Labute approximate surface area is 97.5 Å². The molecule has 1 nitrogen and oxygen atoms in total. The number of halogens is 1. The molecule has 0 N–H and O–H groups in total. The first kappa shape index (κ1) is 10.2. The number of hydrogen-bond acceptors (Lipinski definition) is 1. The van der Waals surface area contributed by atoms with E-state index in [1.54, 1.807) is 0 Å². The molecule has 0 atom stereocenters. The fourth-order valence-electron chi connectivity index (χ4n) is 1.79. The minimum Gasteiger partial charge on any atom is -0.192 e. The van der Waals surface area contributed by atoms with Crippen LogP contribution < -0.4 is 0 Å². The van der Waals surface area contributed by atoms with Gasteiger partial charge in [-0.05, 0) is 34.9 Å². The lowest BCUT2D eigenvalue weighted by molar-refractivity contribution is 1.31. The molecule has 0 aliphatic rings. The Kier molecular flexibility index (Phi) is 2.75. The molecule has 0 aromatic heterocycles. The molecule has 0 radical (unpaired) electrons. The van der Waals surface area contributed by atoms with Gasteiger partial charge in [-0.25, -0.2) is 0 Å². The molecule has 0 bridgehead atoms. The van der Waals surface area contributed by atoms with E-state index in [9.17, 15) is 5.26 Å². The predicted octanol–water partition coefficient (Wildman–Crippen LogP) is 3.91. The smallest absolute Gasteiger partial charge is 0.100 e. The number of hydrogen-bond donors (Lipinski definition) is 0. The summed E-state index contributed by atoms with van der Waals surface area (Å²) in [6.45, 7) is 2.00. The summed E-state index contributed by atoms with van der Waals surface area (Å²) in [5.41, 5.74) is 3.06. The fourth-order valence-corrected chi connectivity index (χ4v) is 2.37. The largest absolute Gasteiger partial charge is 0.192 e. The van der Waals surface area contributed by atoms with Crippen molar-refractivity contribution in [2.24, 2.45) is 0 Å². The number of nitriles is 1. The van der Waals surface area contributed by atoms with Crippen LogP contribution in [-0.2, 0) is 5.33 Å². The van der Waals surface area contributed by atoms with Gasteiger partial charge in [-0.2, -0.15) is 5.26 Å². The van der Waals surface area contributed by atoms with E-state index in [1.165, 1.54) is 5.56 Å². The lowest BCUT2D eigenvalue weighted by atomic mass is 9.96. The zero-order chi connectivity index (χ0) is 10.8. The minimum atomic E-state index is 0.790. The average molecular weight is 260 g/mol. The van der Waals surface area contributed by atoms with Crippen molar-refractivity contribution in [1.29, 1.82) is 5.26 Å². The maximum atomic E-state index is 9.17. The van der Waals surface area contributed by atoms with E-state index >= 15 is 0 Å². The van der Waals surface area contributed by atoms with Crippen molar-refractivity contribution in [3.8, 4) is 6.07 Å².